The molecule has 2 saturated carbocycles. The van der Waals surface area contributed by atoms with Gasteiger partial charge in [-0.15, -0.1) is 0 Å². The SMILES string of the molecule is C/C=C(/C)C(=O)O[C@H]1C(C)=C[C@]23C(=O)[C@@H](C=C(CO[Si](C)(C)C(C)(C)C)[C@@H](O)[C@]12O)[C@H]1[C@@H](C[C@H]3C)C1(C)C. The van der Waals surface area contributed by atoms with Crippen LogP contribution in [-0.2, 0) is 18.8 Å². The van der Waals surface area contributed by atoms with E-state index in [9.17, 15) is 19.8 Å². The Bertz CT molecular complexity index is 1120. The summed E-state index contributed by atoms with van der Waals surface area (Å²) in [6.07, 6.45) is 3.56. The zero-order valence-corrected chi connectivity index (χ0v) is 26.1. The Morgan fingerprint density at radius 3 is 2.42 bits per heavy atom. The van der Waals surface area contributed by atoms with E-state index in [0.717, 1.165) is 6.42 Å². The lowest BCUT2D eigenvalue weighted by molar-refractivity contribution is -0.201. The van der Waals surface area contributed by atoms with Crippen LogP contribution in [0.15, 0.2) is 34.9 Å². The molecule has 0 aromatic rings. The number of ketones is 1. The molecule has 2 fully saturated rings. The second kappa shape index (κ2) is 8.98. The average Bonchev–Trinajstić information content (AvgIpc) is 3.30. The van der Waals surface area contributed by atoms with Gasteiger partial charge in [0.15, 0.2) is 25.8 Å². The molecular formula is C31H48O6Si. The molecule has 0 unspecified atom stereocenters. The Morgan fingerprint density at radius 1 is 1.26 bits per heavy atom. The van der Waals surface area contributed by atoms with Gasteiger partial charge < -0.3 is 19.4 Å². The highest BCUT2D eigenvalue weighted by atomic mass is 28.4. The van der Waals surface area contributed by atoms with Crippen LogP contribution < -0.4 is 0 Å². The summed E-state index contributed by atoms with van der Waals surface area (Å²) < 4.78 is 12.5. The minimum Gasteiger partial charge on any atom is -0.451 e. The van der Waals surface area contributed by atoms with Crippen molar-refractivity contribution >= 4 is 20.1 Å². The molecule has 0 radical (unpaired) electrons. The zero-order valence-electron chi connectivity index (χ0n) is 25.1. The molecule has 8 atom stereocenters. The number of esters is 1. The van der Waals surface area contributed by atoms with Gasteiger partial charge in [0.05, 0.1) is 12.0 Å². The predicted molar refractivity (Wildman–Crippen MR) is 151 cm³/mol. The molecule has 0 aromatic heterocycles. The minimum atomic E-state index is -2.20. The molecule has 4 aliphatic rings. The van der Waals surface area contributed by atoms with Gasteiger partial charge >= 0.3 is 5.97 Å². The summed E-state index contributed by atoms with van der Waals surface area (Å²) in [5.74, 6) is -0.863. The van der Waals surface area contributed by atoms with Crippen LogP contribution in [-0.4, -0.2) is 54.7 Å². The molecule has 6 nitrogen and oxygen atoms in total. The number of hydrogen-bond donors (Lipinski definition) is 2. The van der Waals surface area contributed by atoms with E-state index in [0.29, 0.717) is 22.6 Å². The summed E-state index contributed by atoms with van der Waals surface area (Å²) in [5.41, 5.74) is -1.88. The maximum Gasteiger partial charge on any atom is 0.334 e. The fraction of sp³-hybridized carbons (Fsp3) is 0.742. The van der Waals surface area contributed by atoms with E-state index in [4.69, 9.17) is 9.16 Å². The molecule has 0 heterocycles. The largest absolute Gasteiger partial charge is 0.451 e. The van der Waals surface area contributed by atoms with Crippen molar-refractivity contribution in [2.24, 2.45) is 34.5 Å². The van der Waals surface area contributed by atoms with Gasteiger partial charge in [-0.05, 0) is 79.6 Å². The Balaban J connectivity index is 1.87. The van der Waals surface area contributed by atoms with Gasteiger partial charge in [-0.3, -0.25) is 4.79 Å². The van der Waals surface area contributed by atoms with Crippen molar-refractivity contribution < 1.29 is 29.0 Å². The number of ether oxygens (including phenoxy) is 1. The van der Waals surface area contributed by atoms with Crippen LogP contribution in [0.3, 0.4) is 0 Å². The van der Waals surface area contributed by atoms with Crippen LogP contribution in [0.25, 0.3) is 0 Å². The summed E-state index contributed by atoms with van der Waals surface area (Å²) >= 11 is 0. The first-order valence-corrected chi connectivity index (χ1v) is 17.0. The number of aliphatic hydroxyl groups excluding tert-OH is 1. The van der Waals surface area contributed by atoms with Gasteiger partial charge in [-0.25, -0.2) is 4.79 Å². The highest BCUT2D eigenvalue weighted by Gasteiger charge is 2.76. The molecule has 7 heteroatoms. The lowest BCUT2D eigenvalue weighted by Crippen LogP contribution is -2.66. The van der Waals surface area contributed by atoms with Crippen LogP contribution in [0, 0.1) is 34.5 Å². The molecule has 4 aliphatic carbocycles. The molecule has 0 aromatic carbocycles. The highest BCUT2D eigenvalue weighted by molar-refractivity contribution is 6.74. The molecule has 1 spiro atoms. The van der Waals surface area contributed by atoms with Gasteiger partial charge in [0.25, 0.3) is 0 Å². The zero-order chi connectivity index (χ0) is 28.8. The third kappa shape index (κ3) is 3.90. The number of Topliss-reactive ketones (excluding diaryl/α,β-unsaturated/α-hetero) is 1. The topological polar surface area (TPSA) is 93.1 Å². The Labute approximate surface area is 229 Å². The second-order valence-electron chi connectivity index (χ2n) is 14.5. The van der Waals surface area contributed by atoms with Crippen molar-refractivity contribution in [2.45, 2.75) is 105 Å². The molecule has 0 saturated heterocycles. The molecule has 4 rings (SSSR count). The van der Waals surface area contributed by atoms with Gasteiger partial charge in [0.2, 0.25) is 0 Å². The monoisotopic (exact) mass is 544 g/mol. The molecule has 0 aliphatic heterocycles. The number of rotatable bonds is 5. The van der Waals surface area contributed by atoms with Crippen molar-refractivity contribution in [3.05, 3.63) is 34.9 Å². The lowest BCUT2D eigenvalue weighted by atomic mass is 9.59. The van der Waals surface area contributed by atoms with Crippen LogP contribution in [0.2, 0.25) is 18.1 Å². The third-order valence-electron chi connectivity index (χ3n) is 11.1. The van der Waals surface area contributed by atoms with Gasteiger partial charge in [0.1, 0.15) is 6.10 Å². The smallest absolute Gasteiger partial charge is 0.334 e. The summed E-state index contributed by atoms with van der Waals surface area (Å²) in [7, 11) is -2.20. The molecule has 38 heavy (non-hydrogen) atoms. The summed E-state index contributed by atoms with van der Waals surface area (Å²) in [6.45, 7) is 22.5. The maximum atomic E-state index is 14.7. The fourth-order valence-corrected chi connectivity index (χ4v) is 8.34. The fourth-order valence-electron chi connectivity index (χ4n) is 7.38. The number of hydrogen-bond acceptors (Lipinski definition) is 6. The van der Waals surface area contributed by atoms with Crippen LogP contribution in [0.5, 0.6) is 0 Å². The minimum absolute atomic E-state index is 0.00222. The number of allylic oxidation sites excluding steroid dienone is 2. The highest BCUT2D eigenvalue weighted by Crippen LogP contribution is 2.71. The van der Waals surface area contributed by atoms with Crippen molar-refractivity contribution in [3.63, 3.8) is 0 Å². The summed E-state index contributed by atoms with van der Waals surface area (Å²) in [4.78, 5) is 27.6. The molecule has 212 valence electrons. The average molecular weight is 545 g/mol. The first kappa shape index (κ1) is 29.4. The first-order valence-electron chi connectivity index (χ1n) is 14.1. The standard InChI is InChI=1S/C31H48O6Si/c1-12-17(2)27(34)37-26-18(3)15-30-19(4)13-22-23(29(22,8)9)21(25(30)33)14-20(24(32)31(26,30)35)16-36-38(10,11)28(5,6)7/h12,14-15,19,21-24,26,32,35H,13,16H2,1-11H3/b17-12-/t19-,21+,22-,23+,24-,26+,30+,31+/m1/s1. The van der Waals surface area contributed by atoms with Gasteiger partial charge in [-0.1, -0.05) is 59.8 Å². The van der Waals surface area contributed by atoms with Crippen molar-refractivity contribution in [3.8, 4) is 0 Å². The maximum absolute atomic E-state index is 14.7. The Morgan fingerprint density at radius 2 is 1.87 bits per heavy atom. The predicted octanol–water partition coefficient (Wildman–Crippen LogP) is 5.36. The normalized spacial score (nSPS) is 40.3. The lowest BCUT2D eigenvalue weighted by Gasteiger charge is -2.49. The second-order valence-corrected chi connectivity index (χ2v) is 19.3. The number of carbonyl (C=O) groups is 2. The van der Waals surface area contributed by atoms with E-state index >= 15 is 0 Å². The summed E-state index contributed by atoms with van der Waals surface area (Å²) in [5, 5.41) is 24.8. The molecule has 2 bridgehead atoms. The van der Waals surface area contributed by atoms with Crippen LogP contribution in [0.1, 0.15) is 68.7 Å². The van der Waals surface area contributed by atoms with E-state index < -0.39 is 43.4 Å². The van der Waals surface area contributed by atoms with Gasteiger partial charge in [0, 0.05) is 11.5 Å². The Kier molecular flexibility index (Phi) is 6.96. The van der Waals surface area contributed by atoms with E-state index in [1.165, 1.54) is 0 Å². The molecular weight excluding hydrogens is 496 g/mol. The van der Waals surface area contributed by atoms with Crippen molar-refractivity contribution in [1.29, 1.82) is 0 Å². The first-order chi connectivity index (χ1) is 17.3. The number of fused-ring (bicyclic) bond motifs is 3. The van der Waals surface area contributed by atoms with Crippen molar-refractivity contribution in [1.82, 2.24) is 0 Å². The van der Waals surface area contributed by atoms with Crippen LogP contribution >= 0.6 is 0 Å². The summed E-state index contributed by atoms with van der Waals surface area (Å²) in [6, 6.07) is 0. The molecule has 0 amide bonds. The van der Waals surface area contributed by atoms with Crippen molar-refractivity contribution in [2.75, 3.05) is 6.61 Å². The Hall–Kier alpha value is -1.54. The van der Waals surface area contributed by atoms with E-state index in [-0.39, 0.29) is 34.7 Å². The quantitative estimate of drug-likeness (QED) is 0.209. The number of aliphatic hydroxyl groups is 2. The van der Waals surface area contributed by atoms with E-state index in [1.807, 2.05) is 19.1 Å². The number of carbonyl (C=O) groups excluding carboxylic acids is 2. The van der Waals surface area contributed by atoms with E-state index in [1.54, 1.807) is 26.8 Å². The van der Waals surface area contributed by atoms with E-state index in [2.05, 4.69) is 47.7 Å². The van der Waals surface area contributed by atoms with Gasteiger partial charge in [-0.2, -0.15) is 0 Å². The molecule has 2 N–H and O–H groups in total. The van der Waals surface area contributed by atoms with Crippen LogP contribution in [0.4, 0.5) is 0 Å². The third-order valence-corrected chi connectivity index (χ3v) is 15.6.